The molecule has 9 nitrogen and oxygen atoms in total. The summed E-state index contributed by atoms with van der Waals surface area (Å²) >= 11 is 0. The molecule has 27 heavy (non-hydrogen) atoms. The molecule has 0 fully saturated rings. The summed E-state index contributed by atoms with van der Waals surface area (Å²) in [6, 6.07) is 5.77. The molecule has 2 amide bonds. The van der Waals surface area contributed by atoms with Crippen LogP contribution in [-0.2, 0) is 16.0 Å². The molecule has 0 saturated heterocycles. The van der Waals surface area contributed by atoms with E-state index in [9.17, 15) is 14.4 Å². The number of Topliss-reactive ketones (excluding diaryl/α,β-unsaturated/α-hetero) is 1. The molecule has 0 saturated carbocycles. The van der Waals surface area contributed by atoms with Gasteiger partial charge in [0, 0.05) is 12.6 Å². The van der Waals surface area contributed by atoms with Gasteiger partial charge >= 0.3 is 0 Å². The molecule has 0 bridgehead atoms. The molecule has 3 aromatic heterocycles. The number of aryl methyl sites for hydroxylation is 1. The summed E-state index contributed by atoms with van der Waals surface area (Å²) in [5, 5.41) is 2.56. The van der Waals surface area contributed by atoms with Crippen molar-refractivity contribution in [2.24, 2.45) is 5.73 Å². The lowest BCUT2D eigenvalue weighted by Gasteiger charge is -2.16. The number of hydrogen-bond acceptors (Lipinski definition) is 6. The van der Waals surface area contributed by atoms with Crippen LogP contribution in [0.3, 0.4) is 0 Å². The normalized spacial score (nSPS) is 11.7. The van der Waals surface area contributed by atoms with Gasteiger partial charge in [-0.25, -0.2) is 9.97 Å². The zero-order chi connectivity index (χ0) is 19.4. The standard InChI is InChI=1S/C18H17N5O4/c1-11-21-9-14(23(11)15-4-2-3-6-20-15)18(26)22-13(16(24)17(19)25)8-12-5-7-27-10-12/h2-7,9-10,13H,8H2,1H3,(H2,19,25)(H,22,26). The van der Waals surface area contributed by atoms with Crippen LogP contribution in [0.4, 0.5) is 0 Å². The Balaban J connectivity index is 1.88. The summed E-state index contributed by atoms with van der Waals surface area (Å²) in [6.07, 6.45) is 5.90. The second-order valence-corrected chi connectivity index (χ2v) is 5.80. The van der Waals surface area contributed by atoms with Gasteiger partial charge in [-0.2, -0.15) is 0 Å². The smallest absolute Gasteiger partial charge is 0.287 e. The summed E-state index contributed by atoms with van der Waals surface area (Å²) < 4.78 is 6.52. The number of rotatable bonds is 7. The molecule has 3 heterocycles. The fourth-order valence-electron chi connectivity index (χ4n) is 2.64. The Morgan fingerprint density at radius 1 is 1.26 bits per heavy atom. The first-order valence-electron chi connectivity index (χ1n) is 8.08. The van der Waals surface area contributed by atoms with E-state index in [2.05, 4.69) is 15.3 Å². The maximum Gasteiger partial charge on any atom is 0.287 e. The largest absolute Gasteiger partial charge is 0.472 e. The molecule has 1 unspecified atom stereocenters. The Kier molecular flexibility index (Phi) is 5.11. The number of nitrogens with zero attached hydrogens (tertiary/aromatic N) is 3. The fraction of sp³-hybridized carbons (Fsp3) is 0.167. The van der Waals surface area contributed by atoms with E-state index in [0.29, 0.717) is 17.2 Å². The van der Waals surface area contributed by atoms with E-state index in [0.717, 1.165) is 0 Å². The molecule has 3 rings (SSSR count). The summed E-state index contributed by atoms with van der Waals surface area (Å²) in [4.78, 5) is 44.6. The SMILES string of the molecule is Cc1ncc(C(=O)NC(Cc2ccoc2)C(=O)C(N)=O)n1-c1ccccn1. The number of furan rings is 1. The van der Waals surface area contributed by atoms with Gasteiger partial charge in [-0.15, -0.1) is 0 Å². The lowest BCUT2D eigenvalue weighted by molar-refractivity contribution is -0.137. The van der Waals surface area contributed by atoms with E-state index in [1.807, 2.05) is 0 Å². The number of carbonyl (C=O) groups is 3. The van der Waals surface area contributed by atoms with Gasteiger partial charge in [-0.05, 0) is 30.7 Å². The van der Waals surface area contributed by atoms with Gasteiger partial charge in [0.05, 0.1) is 18.7 Å². The van der Waals surface area contributed by atoms with Crippen molar-refractivity contribution >= 4 is 17.6 Å². The average Bonchev–Trinajstić information content (AvgIpc) is 3.30. The first kappa shape index (κ1) is 18.1. The highest BCUT2D eigenvalue weighted by Gasteiger charge is 2.28. The summed E-state index contributed by atoms with van der Waals surface area (Å²) in [5.41, 5.74) is 5.94. The highest BCUT2D eigenvalue weighted by molar-refractivity contribution is 6.38. The Hall–Kier alpha value is -3.75. The van der Waals surface area contributed by atoms with Crippen molar-refractivity contribution in [1.82, 2.24) is 19.9 Å². The predicted molar refractivity (Wildman–Crippen MR) is 94.0 cm³/mol. The van der Waals surface area contributed by atoms with Crippen LogP contribution in [-0.4, -0.2) is 38.2 Å². The number of carbonyl (C=O) groups excluding carboxylic acids is 3. The fourth-order valence-corrected chi connectivity index (χ4v) is 2.64. The van der Waals surface area contributed by atoms with Crippen LogP contribution in [0.25, 0.3) is 5.82 Å². The van der Waals surface area contributed by atoms with Crippen molar-refractivity contribution in [3.05, 3.63) is 66.3 Å². The molecule has 138 valence electrons. The lowest BCUT2D eigenvalue weighted by Crippen LogP contribution is -2.47. The number of imidazole rings is 1. The number of hydrogen-bond donors (Lipinski definition) is 2. The third-order valence-corrected chi connectivity index (χ3v) is 3.93. The summed E-state index contributed by atoms with van der Waals surface area (Å²) in [6.45, 7) is 1.73. The monoisotopic (exact) mass is 367 g/mol. The van der Waals surface area contributed by atoms with Gasteiger partial charge in [0.25, 0.3) is 11.8 Å². The number of ketones is 1. The van der Waals surface area contributed by atoms with Crippen LogP contribution in [0.2, 0.25) is 0 Å². The van der Waals surface area contributed by atoms with Crippen LogP contribution < -0.4 is 11.1 Å². The maximum absolute atomic E-state index is 12.8. The number of pyridine rings is 1. The van der Waals surface area contributed by atoms with E-state index in [4.69, 9.17) is 10.2 Å². The topological polar surface area (TPSA) is 133 Å². The zero-order valence-electron chi connectivity index (χ0n) is 14.5. The molecular formula is C18H17N5O4. The van der Waals surface area contributed by atoms with Crippen LogP contribution in [0.15, 0.2) is 53.6 Å². The van der Waals surface area contributed by atoms with Gasteiger partial charge in [0.15, 0.2) is 0 Å². The molecule has 3 aromatic rings. The minimum atomic E-state index is -1.13. The molecule has 0 aliphatic rings. The average molecular weight is 367 g/mol. The lowest BCUT2D eigenvalue weighted by atomic mass is 10.0. The molecular weight excluding hydrogens is 350 g/mol. The first-order chi connectivity index (χ1) is 13.0. The Morgan fingerprint density at radius 2 is 2.07 bits per heavy atom. The van der Waals surface area contributed by atoms with Gasteiger partial charge in [0.2, 0.25) is 5.78 Å². The molecule has 0 radical (unpaired) electrons. The van der Waals surface area contributed by atoms with E-state index < -0.39 is 23.6 Å². The van der Waals surface area contributed by atoms with E-state index >= 15 is 0 Å². The van der Waals surface area contributed by atoms with Crippen LogP contribution in [0.1, 0.15) is 21.9 Å². The van der Waals surface area contributed by atoms with E-state index in [1.165, 1.54) is 18.7 Å². The maximum atomic E-state index is 12.8. The highest BCUT2D eigenvalue weighted by atomic mass is 16.3. The Bertz CT molecular complexity index is 963. The number of aromatic nitrogens is 3. The number of primary amides is 1. The molecule has 3 N–H and O–H groups in total. The van der Waals surface area contributed by atoms with Crippen LogP contribution in [0, 0.1) is 6.92 Å². The van der Waals surface area contributed by atoms with Crippen molar-refractivity contribution in [1.29, 1.82) is 0 Å². The molecule has 0 aliphatic heterocycles. The van der Waals surface area contributed by atoms with Gasteiger partial charge in [-0.3, -0.25) is 19.0 Å². The summed E-state index contributed by atoms with van der Waals surface area (Å²) in [7, 11) is 0. The second kappa shape index (κ2) is 7.65. The zero-order valence-corrected chi connectivity index (χ0v) is 14.5. The highest BCUT2D eigenvalue weighted by Crippen LogP contribution is 2.13. The molecule has 9 heteroatoms. The first-order valence-corrected chi connectivity index (χ1v) is 8.08. The van der Waals surface area contributed by atoms with Crippen molar-refractivity contribution in [2.45, 2.75) is 19.4 Å². The molecule has 0 aliphatic carbocycles. The minimum absolute atomic E-state index is 0.0702. The summed E-state index contributed by atoms with van der Waals surface area (Å²) in [5.74, 6) is -1.55. The van der Waals surface area contributed by atoms with Gasteiger partial charge in [0.1, 0.15) is 23.4 Å². The third kappa shape index (κ3) is 3.92. The van der Waals surface area contributed by atoms with E-state index in [1.54, 1.807) is 42.0 Å². The number of nitrogens with two attached hydrogens (primary N) is 1. The van der Waals surface area contributed by atoms with E-state index in [-0.39, 0.29) is 12.1 Å². The van der Waals surface area contributed by atoms with Crippen LogP contribution >= 0.6 is 0 Å². The predicted octanol–water partition coefficient (Wildman–Crippen LogP) is 0.564. The van der Waals surface area contributed by atoms with Crippen molar-refractivity contribution in [3.63, 3.8) is 0 Å². The number of nitrogens with one attached hydrogen (secondary N) is 1. The molecule has 0 aromatic carbocycles. The molecule has 0 spiro atoms. The quantitative estimate of drug-likeness (QED) is 0.586. The van der Waals surface area contributed by atoms with Crippen molar-refractivity contribution < 1.29 is 18.8 Å². The van der Waals surface area contributed by atoms with Crippen molar-refractivity contribution in [2.75, 3.05) is 0 Å². The minimum Gasteiger partial charge on any atom is -0.472 e. The molecule has 1 atom stereocenters. The van der Waals surface area contributed by atoms with Gasteiger partial charge in [-0.1, -0.05) is 6.07 Å². The second-order valence-electron chi connectivity index (χ2n) is 5.80. The Morgan fingerprint density at radius 3 is 2.70 bits per heavy atom. The number of amides is 2. The third-order valence-electron chi connectivity index (χ3n) is 3.93. The van der Waals surface area contributed by atoms with Crippen LogP contribution in [0.5, 0.6) is 0 Å². The van der Waals surface area contributed by atoms with Crippen molar-refractivity contribution in [3.8, 4) is 5.82 Å². The Labute approximate surface area is 154 Å². The van der Waals surface area contributed by atoms with Gasteiger partial charge < -0.3 is 15.5 Å².